The molecule has 2 fully saturated rings. The van der Waals surface area contributed by atoms with E-state index < -0.39 is 24.7 Å². The lowest BCUT2D eigenvalue weighted by atomic mass is 9.92. The second kappa shape index (κ2) is 7.07. The van der Waals surface area contributed by atoms with Crippen molar-refractivity contribution in [3.8, 4) is 0 Å². The maximum absolute atomic E-state index is 12.4. The molecule has 2 aliphatic rings. The lowest BCUT2D eigenvalue weighted by Crippen LogP contribution is -2.54. The van der Waals surface area contributed by atoms with Crippen molar-refractivity contribution >= 4 is 11.8 Å². The number of carbonyl (C=O) groups is 2. The Balaban J connectivity index is 1.86. The summed E-state index contributed by atoms with van der Waals surface area (Å²) in [5, 5.41) is 3.21. The predicted molar refractivity (Wildman–Crippen MR) is 78.6 cm³/mol. The van der Waals surface area contributed by atoms with E-state index in [0.29, 0.717) is 25.9 Å². The summed E-state index contributed by atoms with van der Waals surface area (Å²) in [5.74, 6) is -0.186. The largest absolute Gasteiger partial charge is 0.406 e. The van der Waals surface area contributed by atoms with Crippen LogP contribution in [0.2, 0.25) is 0 Å². The molecule has 1 N–H and O–H groups in total. The highest BCUT2D eigenvalue weighted by atomic mass is 19.4. The average Bonchev–Trinajstić information content (AvgIpc) is 2.79. The van der Waals surface area contributed by atoms with Gasteiger partial charge in [-0.1, -0.05) is 13.8 Å². The summed E-state index contributed by atoms with van der Waals surface area (Å²) in [5.41, 5.74) is 0. The fourth-order valence-corrected chi connectivity index (χ4v) is 3.37. The molecule has 0 aliphatic carbocycles. The van der Waals surface area contributed by atoms with Gasteiger partial charge in [0.2, 0.25) is 11.8 Å². The zero-order valence-corrected chi connectivity index (χ0v) is 13.5. The molecule has 0 aromatic heterocycles. The van der Waals surface area contributed by atoms with E-state index in [-0.39, 0.29) is 24.4 Å². The standard InChI is InChI=1S/C15H24F3N3O2/c1-3-13(22)20-6-4-11(10(2)8-20)19-12-5-7-21(14(12)23)9-15(16,17)18/h10-12,19H,3-9H2,1-2H3/t10-,11-,12+/m0/s1. The minimum Gasteiger partial charge on any atom is -0.342 e. The molecule has 0 unspecified atom stereocenters. The first-order valence-electron chi connectivity index (χ1n) is 8.10. The zero-order chi connectivity index (χ0) is 17.2. The van der Waals surface area contributed by atoms with Crippen LogP contribution in [0.25, 0.3) is 0 Å². The number of hydrogen-bond acceptors (Lipinski definition) is 3. The number of likely N-dealkylation sites (tertiary alicyclic amines) is 2. The average molecular weight is 335 g/mol. The third-order valence-corrected chi connectivity index (χ3v) is 4.64. The van der Waals surface area contributed by atoms with Gasteiger partial charge in [-0.25, -0.2) is 0 Å². The van der Waals surface area contributed by atoms with Crippen LogP contribution in [0.1, 0.15) is 33.1 Å². The van der Waals surface area contributed by atoms with Crippen molar-refractivity contribution in [1.29, 1.82) is 0 Å². The Kier molecular flexibility index (Phi) is 5.54. The molecule has 3 atom stereocenters. The summed E-state index contributed by atoms with van der Waals surface area (Å²) >= 11 is 0. The Hall–Kier alpha value is -1.31. The van der Waals surface area contributed by atoms with Crippen LogP contribution in [0.5, 0.6) is 0 Å². The van der Waals surface area contributed by atoms with E-state index in [1.54, 1.807) is 0 Å². The predicted octanol–water partition coefficient (Wildman–Crippen LogP) is 1.39. The van der Waals surface area contributed by atoms with Crippen molar-refractivity contribution in [2.75, 3.05) is 26.2 Å². The third kappa shape index (κ3) is 4.59. The molecule has 0 saturated carbocycles. The first kappa shape index (κ1) is 18.0. The van der Waals surface area contributed by atoms with Gasteiger partial charge in [0.05, 0.1) is 6.04 Å². The molecule has 0 spiro atoms. The number of halogens is 3. The minimum atomic E-state index is -4.36. The Morgan fingerprint density at radius 3 is 2.57 bits per heavy atom. The number of hydrogen-bond donors (Lipinski definition) is 1. The van der Waals surface area contributed by atoms with Crippen LogP contribution in [0.4, 0.5) is 13.2 Å². The first-order valence-corrected chi connectivity index (χ1v) is 8.10. The fourth-order valence-electron chi connectivity index (χ4n) is 3.37. The van der Waals surface area contributed by atoms with Crippen molar-refractivity contribution < 1.29 is 22.8 Å². The Morgan fingerprint density at radius 2 is 2.00 bits per heavy atom. The molecule has 23 heavy (non-hydrogen) atoms. The second-order valence-electron chi connectivity index (χ2n) is 6.45. The van der Waals surface area contributed by atoms with E-state index >= 15 is 0 Å². The maximum atomic E-state index is 12.4. The number of nitrogens with one attached hydrogen (secondary N) is 1. The van der Waals surface area contributed by atoms with Gasteiger partial charge in [0.1, 0.15) is 6.54 Å². The van der Waals surface area contributed by atoms with Gasteiger partial charge >= 0.3 is 6.18 Å². The Bertz CT molecular complexity index is 456. The summed E-state index contributed by atoms with van der Waals surface area (Å²) in [6, 6.07) is -0.492. The van der Waals surface area contributed by atoms with Crippen molar-refractivity contribution in [3.63, 3.8) is 0 Å². The van der Waals surface area contributed by atoms with Crippen LogP contribution in [-0.4, -0.2) is 66.1 Å². The number of amides is 2. The zero-order valence-electron chi connectivity index (χ0n) is 13.5. The summed E-state index contributed by atoms with van der Waals surface area (Å²) in [6.07, 6.45) is -2.77. The van der Waals surface area contributed by atoms with Gasteiger partial charge in [0.25, 0.3) is 0 Å². The highest BCUT2D eigenvalue weighted by molar-refractivity contribution is 5.84. The first-order chi connectivity index (χ1) is 10.7. The van der Waals surface area contributed by atoms with Gasteiger partial charge < -0.3 is 15.1 Å². The highest BCUT2D eigenvalue weighted by Gasteiger charge is 2.40. The maximum Gasteiger partial charge on any atom is 0.406 e. The van der Waals surface area contributed by atoms with Gasteiger partial charge in [0.15, 0.2) is 0 Å². The molecule has 0 aromatic rings. The topological polar surface area (TPSA) is 52.7 Å². The number of piperidine rings is 1. The smallest absolute Gasteiger partial charge is 0.342 e. The lowest BCUT2D eigenvalue weighted by molar-refractivity contribution is -0.158. The second-order valence-corrected chi connectivity index (χ2v) is 6.45. The molecule has 2 rings (SSSR count). The van der Waals surface area contributed by atoms with Crippen molar-refractivity contribution in [2.24, 2.45) is 5.92 Å². The summed E-state index contributed by atoms with van der Waals surface area (Å²) in [4.78, 5) is 26.5. The Labute approximate surface area is 134 Å². The van der Waals surface area contributed by atoms with E-state index in [0.717, 1.165) is 11.3 Å². The van der Waals surface area contributed by atoms with Crippen LogP contribution in [0, 0.1) is 5.92 Å². The lowest BCUT2D eigenvalue weighted by Gasteiger charge is -2.38. The van der Waals surface area contributed by atoms with Gasteiger partial charge in [-0.3, -0.25) is 9.59 Å². The van der Waals surface area contributed by atoms with Gasteiger partial charge in [-0.2, -0.15) is 13.2 Å². The van der Waals surface area contributed by atoms with E-state index in [1.165, 1.54) is 0 Å². The summed E-state index contributed by atoms with van der Waals surface area (Å²) in [7, 11) is 0. The molecule has 0 aromatic carbocycles. The van der Waals surface area contributed by atoms with Crippen LogP contribution in [0.3, 0.4) is 0 Å². The normalized spacial score (nSPS) is 29.3. The monoisotopic (exact) mass is 335 g/mol. The van der Waals surface area contributed by atoms with E-state index in [9.17, 15) is 22.8 Å². The van der Waals surface area contributed by atoms with Crippen LogP contribution in [0.15, 0.2) is 0 Å². The van der Waals surface area contributed by atoms with Gasteiger partial charge in [0, 0.05) is 32.1 Å². The third-order valence-electron chi connectivity index (χ3n) is 4.64. The summed E-state index contributed by atoms with van der Waals surface area (Å²) in [6.45, 7) is 4.03. The SMILES string of the molecule is CCC(=O)N1CC[C@H](N[C@@H]2CCN(CC(F)(F)F)C2=O)[C@@H](C)C1. The van der Waals surface area contributed by atoms with Gasteiger partial charge in [-0.05, 0) is 18.8 Å². The molecule has 132 valence electrons. The molecule has 2 aliphatic heterocycles. The number of carbonyl (C=O) groups excluding carboxylic acids is 2. The molecule has 8 heteroatoms. The van der Waals surface area contributed by atoms with Crippen molar-refractivity contribution in [1.82, 2.24) is 15.1 Å². The van der Waals surface area contributed by atoms with Crippen molar-refractivity contribution in [3.05, 3.63) is 0 Å². The highest BCUT2D eigenvalue weighted by Crippen LogP contribution is 2.23. The van der Waals surface area contributed by atoms with Crippen LogP contribution >= 0.6 is 0 Å². The molecule has 0 bridgehead atoms. The molecular weight excluding hydrogens is 311 g/mol. The fraction of sp³-hybridized carbons (Fsp3) is 0.867. The number of alkyl halides is 3. The Morgan fingerprint density at radius 1 is 1.30 bits per heavy atom. The molecular formula is C15H24F3N3O2. The molecule has 2 amide bonds. The van der Waals surface area contributed by atoms with E-state index in [1.807, 2.05) is 18.7 Å². The molecule has 2 heterocycles. The van der Waals surface area contributed by atoms with Crippen molar-refractivity contribution in [2.45, 2.75) is 51.4 Å². The molecule has 0 radical (unpaired) electrons. The molecule has 2 saturated heterocycles. The number of nitrogens with zero attached hydrogens (tertiary/aromatic N) is 2. The van der Waals surface area contributed by atoms with Crippen LogP contribution in [-0.2, 0) is 9.59 Å². The van der Waals surface area contributed by atoms with Gasteiger partial charge in [-0.15, -0.1) is 0 Å². The minimum absolute atomic E-state index is 0.0516. The number of rotatable bonds is 4. The van der Waals surface area contributed by atoms with E-state index in [4.69, 9.17) is 0 Å². The van der Waals surface area contributed by atoms with E-state index in [2.05, 4.69) is 5.32 Å². The van der Waals surface area contributed by atoms with Crippen LogP contribution < -0.4 is 5.32 Å². The summed E-state index contributed by atoms with van der Waals surface area (Å²) < 4.78 is 37.3. The molecule has 5 nitrogen and oxygen atoms in total. The quantitative estimate of drug-likeness (QED) is 0.845.